The molecule has 1 unspecified atom stereocenters. The van der Waals surface area contributed by atoms with Gasteiger partial charge >= 0.3 is 0 Å². The maximum absolute atomic E-state index is 13.3. The molecule has 0 bridgehead atoms. The number of carbonyl (C=O) groups is 1. The summed E-state index contributed by atoms with van der Waals surface area (Å²) in [6.07, 6.45) is 0. The summed E-state index contributed by atoms with van der Waals surface area (Å²) in [7, 11) is -0.879. The summed E-state index contributed by atoms with van der Waals surface area (Å²) >= 11 is 4.98. The van der Waals surface area contributed by atoms with Crippen molar-refractivity contribution in [3.63, 3.8) is 0 Å². The van der Waals surface area contributed by atoms with Gasteiger partial charge in [-0.1, -0.05) is 6.07 Å². The first-order valence-electron chi connectivity index (χ1n) is 8.24. The number of ether oxygens (including phenoxy) is 2. The molecule has 2 aromatic carbocycles. The minimum Gasteiger partial charge on any atom is -0.496 e. The average molecular weight is 487 g/mol. The van der Waals surface area contributed by atoms with Crippen molar-refractivity contribution in [2.45, 2.75) is 10.3 Å². The predicted molar refractivity (Wildman–Crippen MR) is 111 cm³/mol. The van der Waals surface area contributed by atoms with Gasteiger partial charge in [-0.3, -0.25) is 4.79 Å². The molecule has 1 heterocycles. The Morgan fingerprint density at radius 1 is 1.18 bits per heavy atom. The Kier molecular flexibility index (Phi) is 6.23. The highest BCUT2D eigenvalue weighted by Crippen LogP contribution is 2.43. The van der Waals surface area contributed by atoms with E-state index < -0.39 is 15.9 Å². The van der Waals surface area contributed by atoms with E-state index in [4.69, 9.17) is 15.2 Å². The van der Waals surface area contributed by atoms with Gasteiger partial charge in [0, 0.05) is 12.3 Å². The number of hydrogen-bond donors (Lipinski definition) is 1. The van der Waals surface area contributed by atoms with Gasteiger partial charge in [-0.15, -0.1) is 11.8 Å². The summed E-state index contributed by atoms with van der Waals surface area (Å²) < 4.78 is 39.1. The fourth-order valence-corrected chi connectivity index (χ4v) is 6.79. The second-order valence-corrected chi connectivity index (χ2v) is 9.89. The molecule has 1 amide bonds. The lowest BCUT2D eigenvalue weighted by Gasteiger charge is -2.24. The summed E-state index contributed by atoms with van der Waals surface area (Å²) in [5, 5.41) is -0.383. The van der Waals surface area contributed by atoms with Crippen LogP contribution in [0.2, 0.25) is 0 Å². The number of primary amides is 1. The van der Waals surface area contributed by atoms with Crippen LogP contribution >= 0.6 is 27.7 Å². The molecule has 0 spiro atoms. The first-order chi connectivity index (χ1) is 13.3. The van der Waals surface area contributed by atoms with Crippen molar-refractivity contribution < 1.29 is 22.7 Å². The lowest BCUT2D eigenvalue weighted by molar-refractivity contribution is 0.0997. The number of amides is 1. The Morgan fingerprint density at radius 3 is 2.46 bits per heavy atom. The molecule has 1 saturated heterocycles. The summed E-state index contributed by atoms with van der Waals surface area (Å²) in [4.78, 5) is 11.7. The Morgan fingerprint density at radius 2 is 1.86 bits per heavy atom. The maximum Gasteiger partial charge on any atom is 0.252 e. The second kappa shape index (κ2) is 8.32. The van der Waals surface area contributed by atoms with Crippen molar-refractivity contribution in [1.82, 2.24) is 4.31 Å². The quantitative estimate of drug-likeness (QED) is 0.673. The van der Waals surface area contributed by atoms with Crippen LogP contribution in [-0.2, 0) is 10.0 Å². The van der Waals surface area contributed by atoms with E-state index in [0.717, 1.165) is 10.0 Å². The molecule has 28 heavy (non-hydrogen) atoms. The molecule has 3 rings (SSSR count). The number of benzene rings is 2. The molecular formula is C18H19BrN2O5S2. The SMILES string of the molecule is COc1ccc(C2SCCN2S(=O)(=O)c2ccc(OC)c(C(N)=O)c2)cc1Br. The van der Waals surface area contributed by atoms with E-state index >= 15 is 0 Å². The van der Waals surface area contributed by atoms with E-state index in [-0.39, 0.29) is 21.6 Å². The first-order valence-corrected chi connectivity index (χ1v) is 11.5. The normalized spacial score (nSPS) is 17.5. The molecule has 2 aromatic rings. The topological polar surface area (TPSA) is 98.9 Å². The zero-order valence-corrected chi connectivity index (χ0v) is 18.4. The molecule has 7 nitrogen and oxygen atoms in total. The number of rotatable bonds is 6. The molecule has 10 heteroatoms. The number of sulfonamides is 1. The van der Waals surface area contributed by atoms with Crippen LogP contribution in [0, 0.1) is 0 Å². The van der Waals surface area contributed by atoms with Gasteiger partial charge in [0.2, 0.25) is 10.0 Å². The van der Waals surface area contributed by atoms with Crippen molar-refractivity contribution in [3.05, 3.63) is 52.0 Å². The van der Waals surface area contributed by atoms with Crippen molar-refractivity contribution in [3.8, 4) is 11.5 Å². The molecule has 2 N–H and O–H groups in total. The van der Waals surface area contributed by atoms with Gasteiger partial charge in [-0.25, -0.2) is 8.42 Å². The van der Waals surface area contributed by atoms with Gasteiger partial charge in [0.15, 0.2) is 0 Å². The van der Waals surface area contributed by atoms with Gasteiger partial charge in [0.05, 0.1) is 34.5 Å². The Labute approximate surface area is 176 Å². The number of carbonyl (C=O) groups excluding carboxylic acids is 1. The smallest absolute Gasteiger partial charge is 0.252 e. The van der Waals surface area contributed by atoms with E-state index in [0.29, 0.717) is 18.0 Å². The number of thioether (sulfide) groups is 1. The summed E-state index contributed by atoms with van der Waals surface area (Å²) in [5.41, 5.74) is 6.23. The zero-order chi connectivity index (χ0) is 20.5. The van der Waals surface area contributed by atoms with Crippen LogP contribution in [-0.4, -0.2) is 45.1 Å². The van der Waals surface area contributed by atoms with Crippen LogP contribution in [0.25, 0.3) is 0 Å². The molecule has 1 aliphatic heterocycles. The summed E-state index contributed by atoms with van der Waals surface area (Å²) in [6, 6.07) is 9.62. The third kappa shape index (κ3) is 3.86. The van der Waals surface area contributed by atoms with Gasteiger partial charge < -0.3 is 15.2 Å². The Hall–Kier alpha value is -1.75. The average Bonchev–Trinajstić information content (AvgIpc) is 3.18. The van der Waals surface area contributed by atoms with Crippen molar-refractivity contribution in [1.29, 1.82) is 0 Å². The van der Waals surface area contributed by atoms with E-state index in [2.05, 4.69) is 15.9 Å². The van der Waals surface area contributed by atoms with Crippen LogP contribution in [0.5, 0.6) is 11.5 Å². The largest absolute Gasteiger partial charge is 0.496 e. The molecule has 1 fully saturated rings. The molecule has 0 saturated carbocycles. The third-order valence-electron chi connectivity index (χ3n) is 4.35. The number of methoxy groups -OCH3 is 2. The van der Waals surface area contributed by atoms with E-state index in [1.165, 1.54) is 41.4 Å². The minimum absolute atomic E-state index is 0.00202. The van der Waals surface area contributed by atoms with Crippen LogP contribution in [0.15, 0.2) is 45.8 Å². The molecular weight excluding hydrogens is 468 g/mol. The molecule has 0 radical (unpaired) electrons. The Bertz CT molecular complexity index is 1010. The summed E-state index contributed by atoms with van der Waals surface area (Å²) in [5.74, 6) is 0.812. The fourth-order valence-electron chi connectivity index (χ4n) is 2.98. The van der Waals surface area contributed by atoms with E-state index in [9.17, 15) is 13.2 Å². The zero-order valence-electron chi connectivity index (χ0n) is 15.2. The van der Waals surface area contributed by atoms with Crippen LogP contribution in [0.1, 0.15) is 21.3 Å². The lowest BCUT2D eigenvalue weighted by Crippen LogP contribution is -2.31. The fraction of sp³-hybridized carbons (Fsp3) is 0.278. The van der Waals surface area contributed by atoms with Crippen LogP contribution < -0.4 is 15.2 Å². The predicted octanol–water partition coefficient (Wildman–Crippen LogP) is 3.00. The minimum atomic E-state index is -3.84. The van der Waals surface area contributed by atoms with Gasteiger partial charge in [0.25, 0.3) is 5.91 Å². The molecule has 1 atom stereocenters. The molecule has 0 aromatic heterocycles. The number of nitrogens with two attached hydrogens (primary N) is 1. The lowest BCUT2D eigenvalue weighted by atomic mass is 10.2. The second-order valence-electron chi connectivity index (χ2n) is 5.96. The van der Waals surface area contributed by atoms with E-state index in [1.54, 1.807) is 13.2 Å². The Balaban J connectivity index is 2.00. The van der Waals surface area contributed by atoms with Crippen molar-refractivity contribution in [2.24, 2.45) is 5.73 Å². The highest BCUT2D eigenvalue weighted by atomic mass is 79.9. The number of nitrogens with zero attached hydrogens (tertiary/aromatic N) is 1. The van der Waals surface area contributed by atoms with Crippen molar-refractivity contribution in [2.75, 3.05) is 26.5 Å². The summed E-state index contributed by atoms with van der Waals surface area (Å²) in [6.45, 7) is 0.360. The van der Waals surface area contributed by atoms with Gasteiger partial charge in [-0.05, 0) is 51.8 Å². The molecule has 1 aliphatic rings. The molecule has 150 valence electrons. The van der Waals surface area contributed by atoms with Gasteiger partial charge in [0.1, 0.15) is 11.5 Å². The highest BCUT2D eigenvalue weighted by Gasteiger charge is 2.37. The molecule has 0 aliphatic carbocycles. The van der Waals surface area contributed by atoms with E-state index in [1.807, 2.05) is 12.1 Å². The maximum atomic E-state index is 13.3. The highest BCUT2D eigenvalue weighted by molar-refractivity contribution is 9.10. The van der Waals surface area contributed by atoms with Gasteiger partial charge in [-0.2, -0.15) is 4.31 Å². The standard InChI is InChI=1S/C18H19BrN2O5S2/c1-25-15-6-4-12(10-13(15)17(20)22)28(23,24)21-7-8-27-18(21)11-3-5-16(26-2)14(19)9-11/h3-6,9-10,18H,7-8H2,1-2H3,(H2,20,22). The third-order valence-corrected chi connectivity index (χ3v) is 8.23. The number of halogens is 1. The first kappa shape index (κ1) is 21.0. The van der Waals surface area contributed by atoms with Crippen molar-refractivity contribution >= 4 is 43.6 Å². The monoisotopic (exact) mass is 486 g/mol. The van der Waals surface area contributed by atoms with Crippen LogP contribution in [0.4, 0.5) is 0 Å². The van der Waals surface area contributed by atoms with Crippen LogP contribution in [0.3, 0.4) is 0 Å². The number of hydrogen-bond acceptors (Lipinski definition) is 6.